The highest BCUT2D eigenvalue weighted by Gasteiger charge is 2.29. The van der Waals surface area contributed by atoms with Gasteiger partial charge in [-0.2, -0.15) is 0 Å². The number of alkyl carbamates (subject to hydrolysis) is 1. The van der Waals surface area contributed by atoms with Gasteiger partial charge in [0, 0.05) is 47.7 Å². The molecule has 10 heteroatoms. The van der Waals surface area contributed by atoms with Crippen LogP contribution in [-0.2, 0) is 22.6 Å². The third-order valence-electron chi connectivity index (χ3n) is 5.93. The minimum atomic E-state index is -0.707. The zero-order valence-electron chi connectivity index (χ0n) is 23.2. The molecule has 39 heavy (non-hydrogen) atoms. The molecule has 1 aromatic heterocycles. The summed E-state index contributed by atoms with van der Waals surface area (Å²) in [5, 5.41) is 10.2. The molecule has 0 aliphatic carbocycles. The van der Waals surface area contributed by atoms with E-state index in [9.17, 15) is 14.4 Å². The average Bonchev–Trinajstić information content (AvgIpc) is 3.38. The maximum Gasteiger partial charge on any atom is 0.419 e. The molecular formula is C29H35ClN4O5. The standard InChI is InChI=1S/C29H35ClN4O5/c1-28(2,3)38-26(36)32-12-11-31-15-17-7-10-22-18(13-17)14-23(34(22)27(37)39-29(4,5)6)19-8-9-21(30)20-16-33-25(35)24(19)20/h7-10,13-14,31H,11-12,15-16H2,1-6H3,(H,32,36)(H,33,35). The summed E-state index contributed by atoms with van der Waals surface area (Å²) in [5.41, 5.74) is 2.75. The molecule has 208 valence electrons. The first-order valence-corrected chi connectivity index (χ1v) is 13.3. The Bertz CT molecular complexity index is 1430. The van der Waals surface area contributed by atoms with Crippen LogP contribution in [0.3, 0.4) is 0 Å². The first kappa shape index (κ1) is 28.4. The second kappa shape index (κ2) is 10.9. The third-order valence-corrected chi connectivity index (χ3v) is 6.28. The molecule has 1 aliphatic rings. The summed E-state index contributed by atoms with van der Waals surface area (Å²) in [4.78, 5) is 37.9. The Morgan fingerprint density at radius 3 is 2.41 bits per heavy atom. The molecule has 0 saturated carbocycles. The lowest BCUT2D eigenvalue weighted by molar-refractivity contribution is 0.0523. The summed E-state index contributed by atoms with van der Waals surface area (Å²) < 4.78 is 12.5. The largest absolute Gasteiger partial charge is 0.444 e. The zero-order valence-corrected chi connectivity index (χ0v) is 23.9. The quantitative estimate of drug-likeness (QED) is 0.342. The Morgan fingerprint density at radius 2 is 1.72 bits per heavy atom. The number of nitrogens with one attached hydrogen (secondary N) is 3. The van der Waals surface area contributed by atoms with Gasteiger partial charge in [-0.3, -0.25) is 4.79 Å². The van der Waals surface area contributed by atoms with Crippen molar-refractivity contribution in [1.82, 2.24) is 20.5 Å². The molecule has 2 amide bonds. The normalized spacial score (nSPS) is 13.3. The Kier molecular flexibility index (Phi) is 7.95. The molecule has 0 radical (unpaired) electrons. The van der Waals surface area contributed by atoms with E-state index in [0.29, 0.717) is 59.1 Å². The molecule has 0 saturated heterocycles. The van der Waals surface area contributed by atoms with Crippen LogP contribution in [0.1, 0.15) is 63.0 Å². The molecular weight excluding hydrogens is 520 g/mol. The van der Waals surface area contributed by atoms with Gasteiger partial charge in [0.15, 0.2) is 0 Å². The predicted octanol–water partition coefficient (Wildman–Crippen LogP) is 5.60. The minimum Gasteiger partial charge on any atom is -0.444 e. The topological polar surface area (TPSA) is 111 Å². The van der Waals surface area contributed by atoms with E-state index >= 15 is 0 Å². The van der Waals surface area contributed by atoms with Crippen LogP contribution >= 0.6 is 11.6 Å². The van der Waals surface area contributed by atoms with Crippen molar-refractivity contribution in [2.75, 3.05) is 13.1 Å². The van der Waals surface area contributed by atoms with Crippen molar-refractivity contribution < 1.29 is 23.9 Å². The van der Waals surface area contributed by atoms with E-state index in [-0.39, 0.29) is 5.91 Å². The molecule has 0 unspecified atom stereocenters. The van der Waals surface area contributed by atoms with Gasteiger partial charge in [-0.15, -0.1) is 0 Å². The maximum absolute atomic E-state index is 13.4. The van der Waals surface area contributed by atoms with Crippen LogP contribution in [0.4, 0.5) is 9.59 Å². The second-order valence-corrected chi connectivity index (χ2v) is 11.9. The lowest BCUT2D eigenvalue weighted by Gasteiger charge is -2.21. The first-order valence-electron chi connectivity index (χ1n) is 12.9. The van der Waals surface area contributed by atoms with Crippen LogP contribution < -0.4 is 16.0 Å². The summed E-state index contributed by atoms with van der Waals surface area (Å²) in [6.07, 6.45) is -0.988. The van der Waals surface area contributed by atoms with Crippen LogP contribution in [0.2, 0.25) is 5.02 Å². The smallest absolute Gasteiger partial charge is 0.419 e. The van der Waals surface area contributed by atoms with Gasteiger partial charge in [0.05, 0.1) is 16.8 Å². The Morgan fingerprint density at radius 1 is 1.00 bits per heavy atom. The van der Waals surface area contributed by atoms with E-state index < -0.39 is 23.4 Å². The number of carbonyl (C=O) groups is 3. The van der Waals surface area contributed by atoms with Gasteiger partial charge in [0.2, 0.25) is 0 Å². The molecule has 3 aromatic rings. The van der Waals surface area contributed by atoms with Gasteiger partial charge >= 0.3 is 12.2 Å². The molecule has 0 spiro atoms. The summed E-state index contributed by atoms with van der Waals surface area (Å²) in [5.74, 6) is -0.228. The highest BCUT2D eigenvalue weighted by atomic mass is 35.5. The van der Waals surface area contributed by atoms with Crippen molar-refractivity contribution >= 4 is 40.6 Å². The number of benzene rings is 2. The van der Waals surface area contributed by atoms with Crippen LogP contribution in [-0.4, -0.2) is 47.0 Å². The van der Waals surface area contributed by atoms with Gasteiger partial charge in [0.1, 0.15) is 11.2 Å². The second-order valence-electron chi connectivity index (χ2n) is 11.5. The fourth-order valence-corrected chi connectivity index (χ4v) is 4.63. The molecule has 2 heterocycles. The van der Waals surface area contributed by atoms with E-state index in [2.05, 4.69) is 16.0 Å². The summed E-state index contributed by atoms with van der Waals surface area (Å²) in [6.45, 7) is 12.7. The summed E-state index contributed by atoms with van der Waals surface area (Å²) in [6, 6.07) is 11.2. The van der Waals surface area contributed by atoms with E-state index in [1.165, 1.54) is 4.57 Å². The molecule has 0 fully saturated rings. The number of hydrogen-bond acceptors (Lipinski definition) is 6. The monoisotopic (exact) mass is 554 g/mol. The van der Waals surface area contributed by atoms with E-state index in [4.69, 9.17) is 21.1 Å². The number of fused-ring (bicyclic) bond motifs is 2. The number of amides is 2. The fraction of sp³-hybridized carbons (Fsp3) is 0.414. The first-order chi connectivity index (χ1) is 18.2. The van der Waals surface area contributed by atoms with Crippen LogP contribution in [0.15, 0.2) is 36.4 Å². The highest BCUT2D eigenvalue weighted by molar-refractivity contribution is 6.32. The molecule has 9 nitrogen and oxygen atoms in total. The Hall–Kier alpha value is -3.56. The van der Waals surface area contributed by atoms with Gasteiger partial charge < -0.3 is 25.4 Å². The lowest BCUT2D eigenvalue weighted by Crippen LogP contribution is -2.36. The lowest BCUT2D eigenvalue weighted by atomic mass is 10.00. The maximum atomic E-state index is 13.4. The van der Waals surface area contributed by atoms with Gasteiger partial charge in [-0.25, -0.2) is 14.2 Å². The Labute approximate surface area is 233 Å². The van der Waals surface area contributed by atoms with Crippen molar-refractivity contribution in [2.45, 2.75) is 65.8 Å². The van der Waals surface area contributed by atoms with E-state index in [0.717, 1.165) is 10.9 Å². The van der Waals surface area contributed by atoms with Crippen molar-refractivity contribution in [3.63, 3.8) is 0 Å². The molecule has 2 aromatic carbocycles. The van der Waals surface area contributed by atoms with Crippen molar-refractivity contribution in [3.8, 4) is 11.3 Å². The van der Waals surface area contributed by atoms with Crippen LogP contribution in [0, 0.1) is 0 Å². The number of hydrogen-bond donors (Lipinski definition) is 3. The summed E-state index contributed by atoms with van der Waals surface area (Å²) >= 11 is 6.37. The fourth-order valence-electron chi connectivity index (χ4n) is 4.40. The Balaban J connectivity index is 1.60. The molecule has 3 N–H and O–H groups in total. The third kappa shape index (κ3) is 6.72. The average molecular weight is 555 g/mol. The van der Waals surface area contributed by atoms with E-state index in [1.54, 1.807) is 12.1 Å². The molecule has 1 aliphatic heterocycles. The van der Waals surface area contributed by atoms with Crippen molar-refractivity contribution in [3.05, 3.63) is 58.1 Å². The highest BCUT2D eigenvalue weighted by Crippen LogP contribution is 2.37. The van der Waals surface area contributed by atoms with Gasteiger partial charge in [-0.05, 0) is 71.4 Å². The number of aromatic nitrogens is 1. The molecule has 0 atom stereocenters. The molecule has 4 rings (SSSR count). The number of ether oxygens (including phenoxy) is 2. The van der Waals surface area contributed by atoms with E-state index in [1.807, 2.05) is 65.8 Å². The predicted molar refractivity (Wildman–Crippen MR) is 151 cm³/mol. The van der Waals surface area contributed by atoms with Crippen LogP contribution in [0.25, 0.3) is 22.2 Å². The molecule has 0 bridgehead atoms. The summed E-state index contributed by atoms with van der Waals surface area (Å²) in [7, 11) is 0. The minimum absolute atomic E-state index is 0.228. The van der Waals surface area contributed by atoms with Gasteiger partial charge in [0.25, 0.3) is 5.91 Å². The van der Waals surface area contributed by atoms with Crippen LogP contribution in [0.5, 0.6) is 0 Å². The van der Waals surface area contributed by atoms with Crippen molar-refractivity contribution in [2.24, 2.45) is 0 Å². The number of rotatable bonds is 6. The zero-order chi connectivity index (χ0) is 28.5. The number of halogens is 1. The number of carbonyl (C=O) groups excluding carboxylic acids is 3. The SMILES string of the molecule is CC(C)(C)OC(=O)NCCNCc1ccc2c(c1)cc(-c1ccc(Cl)c3c1C(=O)NC3)n2C(=O)OC(C)(C)C. The van der Waals surface area contributed by atoms with Crippen molar-refractivity contribution in [1.29, 1.82) is 0 Å². The number of nitrogens with zero attached hydrogens (tertiary/aromatic N) is 1. The van der Waals surface area contributed by atoms with Gasteiger partial charge in [-0.1, -0.05) is 23.7 Å².